The Morgan fingerprint density at radius 3 is 2.74 bits per heavy atom. The van der Waals surface area contributed by atoms with E-state index in [1.54, 1.807) is 19.2 Å². The Balaban J connectivity index is 2.02. The van der Waals surface area contributed by atoms with E-state index >= 15 is 0 Å². The minimum Gasteiger partial charge on any atom is -0.340 e. The third-order valence-electron chi connectivity index (χ3n) is 2.85. The highest BCUT2D eigenvalue weighted by Gasteiger charge is 2.17. The van der Waals surface area contributed by atoms with Crippen molar-refractivity contribution in [2.24, 2.45) is 0 Å². The molecule has 6 nitrogen and oxygen atoms in total. The number of hydrogen-bond donors (Lipinski definition) is 1. The summed E-state index contributed by atoms with van der Waals surface area (Å²) in [4.78, 5) is 29.0. The number of imidazole rings is 1. The number of aromatic nitrogens is 4. The molecule has 1 aromatic carbocycles. The number of nitrogens with one attached hydrogen (secondary N) is 1. The number of hydrogen-bond acceptors (Lipinski definition) is 4. The lowest BCUT2D eigenvalue weighted by molar-refractivity contribution is 0.0992. The van der Waals surface area contributed by atoms with Gasteiger partial charge in [0.05, 0.1) is 6.33 Å². The van der Waals surface area contributed by atoms with Gasteiger partial charge in [-0.2, -0.15) is 0 Å². The minimum absolute atomic E-state index is 0.129. The molecule has 3 aromatic rings. The van der Waals surface area contributed by atoms with Crippen molar-refractivity contribution >= 4 is 22.9 Å². The minimum atomic E-state index is -0.129. The number of carbonyl (C=O) groups is 1. The summed E-state index contributed by atoms with van der Waals surface area (Å²) < 4.78 is 0. The van der Waals surface area contributed by atoms with Gasteiger partial charge in [0.15, 0.2) is 11.5 Å². The van der Waals surface area contributed by atoms with Crippen LogP contribution in [0.4, 0.5) is 5.82 Å². The molecule has 0 radical (unpaired) electrons. The molecule has 0 aliphatic carbocycles. The third-order valence-corrected chi connectivity index (χ3v) is 2.85. The van der Waals surface area contributed by atoms with Gasteiger partial charge in [-0.1, -0.05) is 18.2 Å². The molecule has 0 saturated heterocycles. The van der Waals surface area contributed by atoms with E-state index in [9.17, 15) is 4.79 Å². The fourth-order valence-corrected chi connectivity index (χ4v) is 1.88. The second-order valence-corrected chi connectivity index (χ2v) is 4.03. The zero-order valence-corrected chi connectivity index (χ0v) is 10.2. The first-order valence-electron chi connectivity index (χ1n) is 5.74. The van der Waals surface area contributed by atoms with E-state index in [1.807, 2.05) is 18.2 Å². The van der Waals surface area contributed by atoms with Crippen molar-refractivity contribution < 1.29 is 4.79 Å². The second kappa shape index (κ2) is 4.49. The molecule has 19 heavy (non-hydrogen) atoms. The van der Waals surface area contributed by atoms with E-state index in [0.29, 0.717) is 22.5 Å². The normalized spacial score (nSPS) is 10.6. The highest BCUT2D eigenvalue weighted by atomic mass is 16.2. The highest BCUT2D eigenvalue weighted by Crippen LogP contribution is 2.19. The molecule has 6 heteroatoms. The van der Waals surface area contributed by atoms with Crippen molar-refractivity contribution in [3.05, 3.63) is 48.5 Å². The Hall–Kier alpha value is -2.76. The average molecular weight is 253 g/mol. The number of anilines is 1. The van der Waals surface area contributed by atoms with E-state index in [1.165, 1.54) is 17.6 Å². The van der Waals surface area contributed by atoms with Crippen LogP contribution >= 0.6 is 0 Å². The van der Waals surface area contributed by atoms with Crippen LogP contribution in [-0.2, 0) is 0 Å². The van der Waals surface area contributed by atoms with E-state index in [0.717, 1.165) is 0 Å². The van der Waals surface area contributed by atoms with E-state index in [-0.39, 0.29) is 5.91 Å². The topological polar surface area (TPSA) is 74.8 Å². The number of rotatable bonds is 2. The average Bonchev–Trinajstić information content (AvgIpc) is 2.95. The first kappa shape index (κ1) is 11.3. The van der Waals surface area contributed by atoms with Crippen LogP contribution in [0.15, 0.2) is 43.0 Å². The fraction of sp³-hybridized carbons (Fsp3) is 0.0769. The number of aromatic amines is 1. The lowest BCUT2D eigenvalue weighted by atomic mass is 10.2. The molecule has 0 aliphatic heterocycles. The molecule has 1 amide bonds. The summed E-state index contributed by atoms with van der Waals surface area (Å²) in [6.07, 6.45) is 2.93. The molecule has 0 fully saturated rings. The molecule has 0 atom stereocenters. The number of H-pyrrole nitrogens is 1. The summed E-state index contributed by atoms with van der Waals surface area (Å²) in [6.45, 7) is 0. The molecule has 2 heterocycles. The largest absolute Gasteiger partial charge is 0.340 e. The smallest absolute Gasteiger partial charge is 0.259 e. The maximum atomic E-state index is 12.3. The van der Waals surface area contributed by atoms with Crippen molar-refractivity contribution in [2.45, 2.75) is 0 Å². The maximum absolute atomic E-state index is 12.3. The van der Waals surface area contributed by atoms with Gasteiger partial charge in [-0.15, -0.1) is 0 Å². The summed E-state index contributed by atoms with van der Waals surface area (Å²) >= 11 is 0. The number of carbonyl (C=O) groups excluding carboxylic acids is 1. The Morgan fingerprint density at radius 2 is 1.95 bits per heavy atom. The first-order valence-corrected chi connectivity index (χ1v) is 5.74. The molecule has 0 spiro atoms. The maximum Gasteiger partial charge on any atom is 0.259 e. The summed E-state index contributed by atoms with van der Waals surface area (Å²) in [5.74, 6) is 0.381. The third kappa shape index (κ3) is 1.93. The van der Waals surface area contributed by atoms with Gasteiger partial charge in [-0.05, 0) is 12.1 Å². The number of amides is 1. The summed E-state index contributed by atoms with van der Waals surface area (Å²) in [7, 11) is 1.68. The Morgan fingerprint density at radius 1 is 1.16 bits per heavy atom. The molecule has 0 bridgehead atoms. The van der Waals surface area contributed by atoms with Crippen LogP contribution in [0.5, 0.6) is 0 Å². The standard InChI is InChI=1S/C13H11N5O/c1-18(13(19)9-5-3-2-4-6-9)12-10-11(15-7-14-10)16-8-17-12/h2-8H,1H3,(H,14,15,16,17). The van der Waals surface area contributed by atoms with Crippen LogP contribution < -0.4 is 4.90 Å². The predicted octanol–water partition coefficient (Wildman–Crippen LogP) is 1.63. The molecule has 94 valence electrons. The Bertz CT molecular complexity index is 722. The highest BCUT2D eigenvalue weighted by molar-refractivity contribution is 6.08. The lowest BCUT2D eigenvalue weighted by Gasteiger charge is -2.16. The Kier molecular flexibility index (Phi) is 2.68. The van der Waals surface area contributed by atoms with Gasteiger partial charge in [-0.25, -0.2) is 15.0 Å². The zero-order valence-electron chi connectivity index (χ0n) is 10.2. The fourth-order valence-electron chi connectivity index (χ4n) is 1.88. The molecule has 2 aromatic heterocycles. The van der Waals surface area contributed by atoms with Crippen LogP contribution in [0.1, 0.15) is 10.4 Å². The second-order valence-electron chi connectivity index (χ2n) is 4.03. The molecule has 3 rings (SSSR count). The van der Waals surface area contributed by atoms with Gasteiger partial charge in [0.1, 0.15) is 11.8 Å². The number of benzene rings is 1. The van der Waals surface area contributed by atoms with Crippen LogP contribution in [0.2, 0.25) is 0 Å². The SMILES string of the molecule is CN(C(=O)c1ccccc1)c1ncnc2nc[nH]c12. The van der Waals surface area contributed by atoms with Crippen LogP contribution in [0, 0.1) is 0 Å². The molecule has 1 N–H and O–H groups in total. The number of fused-ring (bicyclic) bond motifs is 1. The summed E-state index contributed by atoms with van der Waals surface area (Å²) in [5, 5.41) is 0. The molecule has 0 unspecified atom stereocenters. The van der Waals surface area contributed by atoms with Crippen molar-refractivity contribution in [2.75, 3.05) is 11.9 Å². The van der Waals surface area contributed by atoms with Crippen molar-refractivity contribution in [3.63, 3.8) is 0 Å². The first-order chi connectivity index (χ1) is 9.27. The number of nitrogens with zero attached hydrogens (tertiary/aromatic N) is 4. The van der Waals surface area contributed by atoms with Crippen molar-refractivity contribution in [1.82, 2.24) is 19.9 Å². The lowest BCUT2D eigenvalue weighted by Crippen LogP contribution is -2.27. The predicted molar refractivity (Wildman–Crippen MR) is 70.9 cm³/mol. The monoisotopic (exact) mass is 253 g/mol. The van der Waals surface area contributed by atoms with Gasteiger partial charge in [0.2, 0.25) is 0 Å². The van der Waals surface area contributed by atoms with Crippen LogP contribution in [0.25, 0.3) is 11.2 Å². The van der Waals surface area contributed by atoms with E-state index < -0.39 is 0 Å². The van der Waals surface area contributed by atoms with Gasteiger partial charge in [-0.3, -0.25) is 9.69 Å². The Labute approximate surface area is 109 Å². The van der Waals surface area contributed by atoms with Gasteiger partial charge >= 0.3 is 0 Å². The van der Waals surface area contributed by atoms with Crippen molar-refractivity contribution in [1.29, 1.82) is 0 Å². The quantitative estimate of drug-likeness (QED) is 0.753. The molecule has 0 aliphatic rings. The van der Waals surface area contributed by atoms with Gasteiger partial charge in [0, 0.05) is 12.6 Å². The van der Waals surface area contributed by atoms with E-state index in [2.05, 4.69) is 19.9 Å². The van der Waals surface area contributed by atoms with E-state index in [4.69, 9.17) is 0 Å². The van der Waals surface area contributed by atoms with Gasteiger partial charge in [0.25, 0.3) is 5.91 Å². The van der Waals surface area contributed by atoms with Crippen LogP contribution in [-0.4, -0.2) is 32.9 Å². The van der Waals surface area contributed by atoms with Crippen molar-refractivity contribution in [3.8, 4) is 0 Å². The summed E-state index contributed by atoms with van der Waals surface area (Å²) in [6, 6.07) is 9.06. The molecular formula is C13H11N5O. The zero-order chi connectivity index (χ0) is 13.2. The molecular weight excluding hydrogens is 242 g/mol. The van der Waals surface area contributed by atoms with Gasteiger partial charge < -0.3 is 4.98 Å². The summed E-state index contributed by atoms with van der Waals surface area (Å²) in [5.41, 5.74) is 1.79. The molecule has 0 saturated carbocycles. The van der Waals surface area contributed by atoms with Crippen LogP contribution in [0.3, 0.4) is 0 Å².